The first-order valence-electron chi connectivity index (χ1n) is 39.4. The number of carbonyl (C=O) groups is 3. The number of ether oxygens (including phenoxy) is 5. The maximum absolute atomic E-state index is 16.0. The lowest BCUT2D eigenvalue weighted by molar-refractivity contribution is -0.0672. The molecule has 61 nitrogen and oxygen atoms in total. The summed E-state index contributed by atoms with van der Waals surface area (Å²) in [6.45, 7) is -12.9. The molecule has 30 atom stereocenters. The van der Waals surface area contributed by atoms with Crippen LogP contribution in [0.2, 0.25) is 0 Å². The summed E-state index contributed by atoms with van der Waals surface area (Å²) in [5.74, 6) is -1.55. The van der Waals surface area contributed by atoms with Crippen molar-refractivity contribution in [2.75, 3.05) is 56.8 Å². The zero-order chi connectivity index (χ0) is 95.5. The summed E-state index contributed by atoms with van der Waals surface area (Å²) >= 11 is 16.9. The highest BCUT2D eigenvalue weighted by Gasteiger charge is 2.60. The number of H-pyrrole nitrogens is 3. The van der Waals surface area contributed by atoms with E-state index < -0.39 is 252 Å². The number of aromatic nitrogens is 18. The maximum atomic E-state index is 16.0. The minimum absolute atomic E-state index is 0.0115. The number of fused-ring (bicyclic) bond motifs is 15. The number of aromatic amines is 3. The molecule has 9 aromatic rings. The molecule has 726 valence electrons. The highest BCUT2D eigenvalue weighted by molar-refractivity contribution is 8.44. The molecular formula is C63H70ClFN24O37P6S3. The lowest BCUT2D eigenvalue weighted by atomic mass is 10.0. The molecule has 0 aromatic carbocycles. The predicted molar refractivity (Wildman–Crippen MR) is 452 cm³/mol. The average Bonchev–Trinajstić information content (AvgIpc) is 1.62. The molecule has 9 fully saturated rings. The summed E-state index contributed by atoms with van der Waals surface area (Å²) in [4.78, 5) is 179. The molecule has 0 aliphatic carbocycles. The number of imidazole rings is 5. The standard InChI is InChI=1S/C21H23ClN8O13P2.C21H23FN8O10P2S3.C21H24N8O14P2/c22-10-14-9(41-19(10)29-5-25-11-7(31)1-2-24-16(11)29)4-39-45(36,37)43-15-13(32)8(3-38-44(34,35)42-14)40-20(15)30-6-26-12-17(30)27-21(23)28-18(12)33;22-10-14-8(38-19(10)29-5-25-11-7(31)1-2-24-16(11)29)3-36-41(34,43)40-15-13(32)9(4-37-42(35,44)39-14)45-20(15)30-6-26-12-17(30)27-21(23)28-18(12)33;22-21-26-18-11(19(33)27-21)24-6-28(18)20-16-12(31)8(41-20)4-38-44(34,35)42-15-9(5-39-45(36,37)43-16)40-14(13(15)32)7-3-25-29-10(30)1-2-23-17(7)29/h2,5-6,8-10,13-15,19-20,32H,1,3-4H2,(H,34,35)(H,36,37)(H3,23,27,28,33);2,5-6,8-10,13-15,19-20,32H,1,3-4H2,(H,34,43)(H,35,44)(H3,23,27,28,33);2-3,6,8-9,12-16,20,31-32H,1,4-5H2,(H,34,35)(H,36,37)(H3,22,26,27,33)/t8-,9-,10+,13-,14-,15-,19-,20-;8-,9-,10+,13-,14-,15-,19-,20-,41?,42?;8-,9-,12?,13-,14+,15?,16?,20-/m111/s1. The number of Topliss-reactive ketones (excluding diaryl/α,β-unsaturated/α-hetero) is 2. The van der Waals surface area contributed by atoms with Gasteiger partial charge >= 0.3 is 44.8 Å². The highest BCUT2D eigenvalue weighted by atomic mass is 35.5. The number of thiol groups is 1. The van der Waals surface area contributed by atoms with E-state index in [0.29, 0.717) is 0 Å². The van der Waals surface area contributed by atoms with Crippen molar-refractivity contribution in [3.63, 3.8) is 0 Å². The first-order chi connectivity index (χ1) is 63.9. The number of nitrogen functional groups attached to an aromatic ring is 3. The van der Waals surface area contributed by atoms with Crippen molar-refractivity contribution < 1.29 is 164 Å². The fraction of sp³-hybridized carbons (Fsp3) is 0.524. The number of rotatable bonds is 6. The van der Waals surface area contributed by atoms with E-state index in [1.165, 1.54) is 57.5 Å². The van der Waals surface area contributed by atoms with Crippen molar-refractivity contribution >= 4 is 197 Å². The van der Waals surface area contributed by atoms with Crippen molar-refractivity contribution in [1.82, 2.24) is 87.4 Å². The largest absolute Gasteiger partial charge is 0.472 e. The number of phosphoric ester groups is 4. The Kier molecular flexibility index (Phi) is 25.8. The first-order valence-corrected chi connectivity index (χ1v) is 52.0. The van der Waals surface area contributed by atoms with Crippen LogP contribution in [0.4, 0.5) is 39.7 Å². The van der Waals surface area contributed by atoms with Gasteiger partial charge in [0.25, 0.3) is 22.6 Å². The van der Waals surface area contributed by atoms with Gasteiger partial charge in [0.1, 0.15) is 102 Å². The van der Waals surface area contributed by atoms with E-state index in [9.17, 15) is 96.5 Å². The molecule has 9 aromatic heterocycles. The molecule has 135 heavy (non-hydrogen) atoms. The third kappa shape index (κ3) is 18.6. The zero-order valence-electron chi connectivity index (χ0n) is 67.4. The minimum Gasteiger partial charge on any atom is -0.389 e. The van der Waals surface area contributed by atoms with Crippen LogP contribution in [0.3, 0.4) is 0 Å². The number of anilines is 3. The van der Waals surface area contributed by atoms with Gasteiger partial charge in [-0.2, -0.15) is 24.7 Å². The van der Waals surface area contributed by atoms with Gasteiger partial charge in [-0.15, -0.1) is 23.4 Å². The van der Waals surface area contributed by atoms with Crippen LogP contribution >= 0.6 is 80.4 Å². The second-order valence-corrected chi connectivity index (χ2v) is 44.0. The molecule has 0 spiro atoms. The zero-order valence-corrected chi connectivity index (χ0v) is 76.0. The van der Waals surface area contributed by atoms with E-state index in [1.54, 1.807) is 0 Å². The number of aliphatic hydroxyl groups is 4. The number of nitrogens with two attached hydrogens (primary N) is 3. The fourth-order valence-corrected chi connectivity index (χ4v) is 25.1. The van der Waals surface area contributed by atoms with Gasteiger partial charge in [0.05, 0.1) is 95.2 Å². The first kappa shape index (κ1) is 95.7. The van der Waals surface area contributed by atoms with Crippen LogP contribution < -0.4 is 33.9 Å². The number of thioether (sulfide) groups is 1. The van der Waals surface area contributed by atoms with Gasteiger partial charge in [0.15, 0.2) is 105 Å². The molecule has 12 aliphatic rings. The highest BCUT2D eigenvalue weighted by Crippen LogP contribution is 2.63. The molecule has 21 heterocycles. The van der Waals surface area contributed by atoms with Crippen LogP contribution in [0.15, 0.2) is 67.2 Å². The van der Waals surface area contributed by atoms with Gasteiger partial charge < -0.3 is 90.3 Å². The number of ketones is 2. The number of carbonyl (C=O) groups excluding carboxylic acids is 3. The van der Waals surface area contributed by atoms with Crippen LogP contribution in [-0.2, 0) is 113 Å². The quantitative estimate of drug-likeness (QED) is 0.0554. The smallest absolute Gasteiger partial charge is 0.389 e. The van der Waals surface area contributed by atoms with E-state index in [-0.39, 0.29) is 117 Å². The number of aliphatic imine (C=N–C) groups is 3. The van der Waals surface area contributed by atoms with Crippen molar-refractivity contribution in [2.45, 2.75) is 164 Å². The van der Waals surface area contributed by atoms with E-state index in [1.807, 2.05) is 0 Å². The van der Waals surface area contributed by atoms with Gasteiger partial charge in [-0.05, 0) is 11.8 Å². The maximum Gasteiger partial charge on any atom is 0.472 e. The van der Waals surface area contributed by atoms with Crippen LogP contribution in [0.25, 0.3) is 33.5 Å². The Morgan fingerprint density at radius 1 is 0.467 bits per heavy atom. The summed E-state index contributed by atoms with van der Waals surface area (Å²) in [6, 6.07) is 0. The topological polar surface area (TPSA) is 835 Å². The molecule has 0 saturated carbocycles. The van der Waals surface area contributed by atoms with Gasteiger partial charge in [-0.3, -0.25) is 116 Å². The second kappa shape index (κ2) is 36.5. The third-order valence-electron chi connectivity index (χ3n) is 22.3. The van der Waals surface area contributed by atoms with Gasteiger partial charge in [0, 0.05) is 37.0 Å². The second-order valence-electron chi connectivity index (χ2n) is 30.9. The number of phosphoric acid groups is 4. The molecule has 12 aliphatic heterocycles. The summed E-state index contributed by atoms with van der Waals surface area (Å²) in [5.41, 5.74) is 14.6. The molecule has 9 saturated heterocycles. The molecule has 0 radical (unpaired) electrons. The van der Waals surface area contributed by atoms with Crippen LogP contribution in [0, 0.1) is 0 Å². The van der Waals surface area contributed by atoms with Crippen LogP contribution in [-0.4, -0.2) is 316 Å². The predicted octanol–water partition coefficient (Wildman–Crippen LogP) is -0.740. The summed E-state index contributed by atoms with van der Waals surface area (Å²) in [5, 5.41) is 45.2. The summed E-state index contributed by atoms with van der Waals surface area (Å²) in [7, 11) is -20.3. The van der Waals surface area contributed by atoms with Crippen LogP contribution in [0.1, 0.15) is 87.0 Å². The molecule has 72 heteroatoms. The minimum atomic E-state index is -5.12. The SMILES string of the molecule is Nc1nc2c(ncn2[C@@H]2O[C@@H]3COP(=O)(O)OC4[C@@H](COP(=O)(O)OC2C3O)O[C@@H](c2cnn3c2N=CCC3=O)[C@H]4O)c(=O)[nH]1.Nc1nc2c(ncn2[C@@H]2O[C@@H]3COP(=O)(O)O[C@H]4[C@H](Cl)[C@H](n5cnc6c5N=CCC6=O)O[C@@H]4COP(=O)(O)O[C@@H]2[C@@H]3O)c(=O)[nH]1.Nc1nc2c(ncn2[C@@H]2S[C@@H]3COP(O)(=S)O[C@H]4[C@H](F)[C@H](n5cnc6c5N=CCC6=O)O[C@@H]4COP(=O)(S)O[C@@H]2[C@@H]3O)c(=O)[nH]1. The van der Waals surface area contributed by atoms with E-state index in [2.05, 4.69) is 87.1 Å². The Labute approximate surface area is 766 Å². The Balaban J connectivity index is 0.000000130. The Hall–Kier alpha value is -8.22. The number of nitrogens with zero attached hydrogens (tertiary/aromatic N) is 18. The molecule has 9 unspecified atom stereocenters. The van der Waals surface area contributed by atoms with E-state index in [0.717, 1.165) is 38.2 Å². The van der Waals surface area contributed by atoms with Gasteiger partial charge in [-0.25, -0.2) is 67.1 Å². The van der Waals surface area contributed by atoms with Crippen molar-refractivity contribution in [1.29, 1.82) is 0 Å². The van der Waals surface area contributed by atoms with E-state index >= 15 is 4.39 Å². The lowest BCUT2D eigenvalue weighted by Gasteiger charge is -2.27. The molecule has 21 rings (SSSR count). The Morgan fingerprint density at radius 3 is 1.41 bits per heavy atom. The van der Waals surface area contributed by atoms with Gasteiger partial charge in [0.2, 0.25) is 17.8 Å². The lowest BCUT2D eigenvalue weighted by Crippen LogP contribution is -2.35. The summed E-state index contributed by atoms with van der Waals surface area (Å²) < 4.78 is 183. The normalized spacial score (nSPS) is 38.8. The number of hydrogen-bond acceptors (Lipinski definition) is 49. The van der Waals surface area contributed by atoms with Gasteiger partial charge in [-0.1, -0.05) is 12.2 Å². The average molecular weight is 2090 g/mol. The third-order valence-corrected chi connectivity index (χ3v) is 31.4. The Bertz CT molecular complexity index is 6240. The fourth-order valence-electron chi connectivity index (χ4n) is 16.2. The summed E-state index contributed by atoms with van der Waals surface area (Å²) in [6.07, 6.45) is -21.1. The number of halogens is 2. The molecule has 0 amide bonds. The molecular weight excluding hydrogens is 2020 g/mol. The number of alkyl halides is 2. The van der Waals surface area contributed by atoms with Crippen molar-refractivity contribution in [3.05, 3.63) is 85.8 Å². The van der Waals surface area contributed by atoms with Crippen molar-refractivity contribution in [3.8, 4) is 0 Å². The number of hydrogen-bond donors (Lipinski definition) is 16. The number of nitrogens with one attached hydrogen (secondary N) is 3. The van der Waals surface area contributed by atoms with Crippen molar-refractivity contribution in [2.24, 2.45) is 15.0 Å². The van der Waals surface area contributed by atoms with E-state index in [4.69, 9.17) is 119 Å². The van der Waals surface area contributed by atoms with Crippen LogP contribution in [0.5, 0.6) is 0 Å². The molecule has 6 bridgehead atoms. The molecule has 18 N–H and O–H groups in total. The number of aliphatic hydroxyl groups excluding tert-OH is 4. The Morgan fingerprint density at radius 2 is 0.889 bits per heavy atom. The monoisotopic (exact) mass is 2090 g/mol.